The van der Waals surface area contributed by atoms with E-state index in [0.29, 0.717) is 21.3 Å². The molecule has 3 aliphatic rings. The molecule has 6 aromatic rings. The van der Waals surface area contributed by atoms with Gasteiger partial charge in [-0.25, -0.2) is 4.21 Å². The highest BCUT2D eigenvalue weighted by molar-refractivity contribution is 8.26. The van der Waals surface area contributed by atoms with Crippen LogP contribution in [0.1, 0.15) is 83.4 Å². The smallest absolute Gasteiger partial charge is 0.213 e. The van der Waals surface area contributed by atoms with Crippen molar-refractivity contribution < 1.29 is 14.1 Å². The molecule has 2 unspecified atom stereocenters. The minimum atomic E-state index is -1.67. The maximum absolute atomic E-state index is 12.4. The Balaban J connectivity index is 0.000000134. The van der Waals surface area contributed by atoms with Crippen molar-refractivity contribution in [1.82, 2.24) is 15.0 Å². The van der Waals surface area contributed by atoms with E-state index in [1.54, 1.807) is 24.7 Å². The molecular weight excluding hydrogens is 839 g/mol. The SMILES string of the molecule is Clc1cccc2c1C(Cl)c1ncccc1CC2.O=C1c2ncccc2CCc2cccc(Cl)c21.O=S(Cl)Cl.OC1c2ncccc2CCc2cccc(Cl)c21. The lowest BCUT2D eigenvalue weighted by molar-refractivity contribution is 0.103. The van der Waals surface area contributed by atoms with Crippen LogP contribution in [0.3, 0.4) is 0 Å². The average Bonchev–Trinajstić information content (AvgIpc) is 3.50. The zero-order valence-corrected chi connectivity index (χ0v) is 34.4. The Bertz CT molecular complexity index is 2250. The van der Waals surface area contributed by atoms with Crippen molar-refractivity contribution in [2.45, 2.75) is 50.0 Å². The molecule has 0 saturated carbocycles. The summed E-state index contributed by atoms with van der Waals surface area (Å²) in [6.45, 7) is 0. The monoisotopic (exact) mass is 869 g/mol. The molecule has 1 N–H and O–H groups in total. The molecule has 282 valence electrons. The van der Waals surface area contributed by atoms with Crippen LogP contribution in [0, 0.1) is 0 Å². The number of fused-ring (bicyclic) bond motifs is 6. The molecule has 2 atom stereocenters. The number of aromatic nitrogens is 3. The molecule has 3 heterocycles. The number of hydrogen-bond acceptors (Lipinski definition) is 6. The number of ketones is 1. The number of carbonyl (C=O) groups excluding carboxylic acids is 1. The second-order valence-electron chi connectivity index (χ2n) is 12.8. The summed E-state index contributed by atoms with van der Waals surface area (Å²) in [6, 6.07) is 29.1. The van der Waals surface area contributed by atoms with Gasteiger partial charge in [0.1, 0.15) is 17.2 Å². The van der Waals surface area contributed by atoms with Crippen LogP contribution in [0.5, 0.6) is 0 Å². The lowest BCUT2D eigenvalue weighted by Gasteiger charge is -2.14. The van der Waals surface area contributed by atoms with E-state index >= 15 is 0 Å². The van der Waals surface area contributed by atoms with Gasteiger partial charge in [-0.3, -0.25) is 19.7 Å². The summed E-state index contributed by atoms with van der Waals surface area (Å²) in [5, 5.41) is 12.1. The Labute approximate surface area is 351 Å². The molecule has 0 bridgehead atoms. The van der Waals surface area contributed by atoms with Gasteiger partial charge < -0.3 is 5.11 Å². The number of aryl methyl sites for hydroxylation is 6. The van der Waals surface area contributed by atoms with Crippen molar-refractivity contribution in [1.29, 1.82) is 0 Å². The van der Waals surface area contributed by atoms with E-state index in [1.807, 2.05) is 72.8 Å². The number of aliphatic hydroxyl groups is 1. The number of pyridine rings is 3. The first-order chi connectivity index (χ1) is 26.5. The largest absolute Gasteiger partial charge is 0.382 e. The Hall–Kier alpha value is -3.37. The third-order valence-corrected chi connectivity index (χ3v) is 11.0. The fraction of sp³-hybridized carbons (Fsp3) is 0.190. The van der Waals surface area contributed by atoms with Crippen LogP contribution >= 0.6 is 67.8 Å². The Morgan fingerprint density at radius 1 is 0.545 bits per heavy atom. The van der Waals surface area contributed by atoms with Crippen LogP contribution in [0.15, 0.2) is 110 Å². The third-order valence-electron chi connectivity index (χ3n) is 9.59. The normalized spacial score (nSPS) is 16.1. The van der Waals surface area contributed by atoms with Crippen LogP contribution in [0.2, 0.25) is 15.1 Å². The molecule has 0 spiro atoms. The van der Waals surface area contributed by atoms with Gasteiger partial charge in [-0.15, -0.1) is 11.6 Å². The van der Waals surface area contributed by atoms with Crippen molar-refractivity contribution >= 4 is 82.8 Å². The molecule has 9 rings (SSSR count). The van der Waals surface area contributed by atoms with E-state index in [4.69, 9.17) is 50.6 Å². The quantitative estimate of drug-likeness (QED) is 0.121. The van der Waals surface area contributed by atoms with Gasteiger partial charge in [0, 0.05) is 61.1 Å². The van der Waals surface area contributed by atoms with E-state index in [9.17, 15) is 9.90 Å². The third kappa shape index (κ3) is 9.78. The minimum absolute atomic E-state index is 0.0568. The zero-order chi connectivity index (χ0) is 39.1. The summed E-state index contributed by atoms with van der Waals surface area (Å²) in [5.74, 6) is -0.0568. The Morgan fingerprint density at radius 3 is 1.60 bits per heavy atom. The molecule has 0 radical (unpaired) electrons. The highest BCUT2D eigenvalue weighted by Crippen LogP contribution is 2.40. The van der Waals surface area contributed by atoms with Gasteiger partial charge in [-0.2, -0.15) is 0 Å². The van der Waals surface area contributed by atoms with E-state index in [0.717, 1.165) is 88.3 Å². The lowest BCUT2D eigenvalue weighted by atomic mass is 10.0. The standard InChI is InChI=1S/C14H11Cl2N.C14H12ClNO.C14H10ClNO.Cl2OS/c15-11-5-1-3-9-6-7-10-4-2-8-17-14(10)13(16)12(9)11;2*15-11-5-1-3-9-6-7-10-4-2-8-16-13(10)14(17)12(9)11;1-4(2)3/h1-5,8,13H,6-7H2;1-5,8,14,17H,6-7H2;1-5,8H,6-7H2;. The zero-order valence-electron chi connectivity index (χ0n) is 29.1. The number of aliphatic hydroxyl groups excluding tert-OH is 1. The number of hydrogen-bond donors (Lipinski definition) is 1. The molecule has 0 amide bonds. The van der Waals surface area contributed by atoms with E-state index in [2.05, 4.69) is 48.4 Å². The first-order valence-electron chi connectivity index (χ1n) is 17.3. The van der Waals surface area contributed by atoms with E-state index in [-0.39, 0.29) is 11.2 Å². The molecule has 3 aromatic carbocycles. The number of halogens is 6. The Morgan fingerprint density at radius 2 is 0.964 bits per heavy atom. The van der Waals surface area contributed by atoms with Gasteiger partial charge in [-0.1, -0.05) is 89.4 Å². The van der Waals surface area contributed by atoms with Gasteiger partial charge in [-0.05, 0) is 114 Å². The van der Waals surface area contributed by atoms with Crippen molar-refractivity contribution in [2.75, 3.05) is 0 Å². The number of alkyl halides is 1. The summed E-state index contributed by atoms with van der Waals surface area (Å²) < 4.78 is 9.09. The maximum Gasteiger partial charge on any atom is 0.213 e. The number of carbonyl (C=O) groups is 1. The molecule has 3 aliphatic carbocycles. The van der Waals surface area contributed by atoms with Gasteiger partial charge in [0.25, 0.3) is 0 Å². The van der Waals surface area contributed by atoms with Crippen molar-refractivity contribution in [2.24, 2.45) is 0 Å². The summed E-state index contributed by atoms with van der Waals surface area (Å²) in [7, 11) is 7.36. The molecule has 6 nitrogen and oxygen atoms in total. The first-order valence-corrected chi connectivity index (χ1v) is 21.7. The van der Waals surface area contributed by atoms with E-state index < -0.39 is 15.3 Å². The number of rotatable bonds is 0. The molecule has 55 heavy (non-hydrogen) atoms. The maximum atomic E-state index is 12.4. The summed E-state index contributed by atoms with van der Waals surface area (Å²) in [4.78, 5) is 25.3. The fourth-order valence-electron chi connectivity index (χ4n) is 7.06. The van der Waals surface area contributed by atoms with Gasteiger partial charge >= 0.3 is 0 Å². The Kier molecular flexibility index (Phi) is 14.4. The molecular formula is C42H33Cl6N3O3S. The van der Waals surface area contributed by atoms with Crippen molar-refractivity contribution in [3.8, 4) is 0 Å². The van der Waals surface area contributed by atoms with Crippen LogP contribution in [0.4, 0.5) is 0 Å². The summed E-state index contributed by atoms with van der Waals surface area (Å²) in [6.07, 6.45) is 9.84. The topological polar surface area (TPSA) is 93.0 Å². The fourth-order valence-corrected chi connectivity index (χ4v) is 8.45. The number of nitrogens with zero attached hydrogens (tertiary/aromatic N) is 3. The van der Waals surface area contributed by atoms with Crippen LogP contribution in [-0.4, -0.2) is 30.1 Å². The highest BCUT2D eigenvalue weighted by Gasteiger charge is 2.27. The van der Waals surface area contributed by atoms with Gasteiger partial charge in [0.2, 0.25) is 15.0 Å². The average molecular weight is 873 g/mol. The molecule has 0 saturated heterocycles. The molecule has 0 fully saturated rings. The second-order valence-corrected chi connectivity index (χ2v) is 17.0. The van der Waals surface area contributed by atoms with Crippen molar-refractivity contribution in [3.63, 3.8) is 0 Å². The van der Waals surface area contributed by atoms with Crippen molar-refractivity contribution in [3.05, 3.63) is 192 Å². The predicted octanol–water partition coefficient (Wildman–Crippen LogP) is 11.2. The summed E-state index contributed by atoms with van der Waals surface area (Å²) in [5.41, 5.74) is 11.4. The number of benzene rings is 3. The highest BCUT2D eigenvalue weighted by atomic mass is 36.0. The lowest BCUT2D eigenvalue weighted by Crippen LogP contribution is -2.07. The van der Waals surface area contributed by atoms with Crippen LogP contribution in [0.25, 0.3) is 0 Å². The predicted molar refractivity (Wildman–Crippen MR) is 224 cm³/mol. The first kappa shape index (κ1) is 41.3. The van der Waals surface area contributed by atoms with Crippen LogP contribution in [-0.2, 0) is 47.8 Å². The molecule has 13 heteroatoms. The van der Waals surface area contributed by atoms with Gasteiger partial charge in [0.05, 0.1) is 16.4 Å². The van der Waals surface area contributed by atoms with Crippen LogP contribution < -0.4 is 0 Å². The van der Waals surface area contributed by atoms with Gasteiger partial charge in [0.15, 0.2) is 0 Å². The van der Waals surface area contributed by atoms with E-state index in [1.165, 1.54) is 11.1 Å². The second kappa shape index (κ2) is 19.2. The minimum Gasteiger partial charge on any atom is -0.382 e. The summed E-state index contributed by atoms with van der Waals surface area (Å²) >= 11 is 25.1. The molecule has 3 aromatic heterocycles. The molecule has 0 aliphatic heterocycles.